The van der Waals surface area contributed by atoms with Gasteiger partial charge in [-0.15, -0.1) is 0 Å². The number of carbonyl (C=O) groups excluding carboxylic acids is 2. The van der Waals surface area contributed by atoms with Crippen LogP contribution in [-0.4, -0.2) is 40.8 Å². The van der Waals surface area contributed by atoms with Crippen LogP contribution in [0.1, 0.15) is 19.4 Å². The van der Waals surface area contributed by atoms with Gasteiger partial charge in [-0.3, -0.25) is 19.4 Å². The average molecular weight is 418 g/mol. The molecule has 1 aromatic rings. The Labute approximate surface area is 181 Å². The number of anilines is 1. The van der Waals surface area contributed by atoms with Crippen molar-refractivity contribution in [3.8, 4) is 0 Å². The van der Waals surface area contributed by atoms with E-state index in [4.69, 9.17) is 12.2 Å². The Kier molecular flexibility index (Phi) is 4.82. The molecule has 3 aliphatic rings. The number of amides is 2. The first-order valence-corrected chi connectivity index (χ1v) is 10.1. The third kappa shape index (κ3) is 3.04. The number of para-hydroxylation sites is 1. The lowest BCUT2D eigenvalue weighted by molar-refractivity contribution is -0.132. The quantitative estimate of drug-likeness (QED) is 0.417. The predicted molar refractivity (Wildman–Crippen MR) is 123 cm³/mol. The Hall–Kier alpha value is -3.25. The Morgan fingerprint density at radius 1 is 0.967 bits per heavy atom. The molecular formula is C24H23N3O2S. The molecule has 3 aliphatic heterocycles. The molecule has 0 atom stereocenters. The Morgan fingerprint density at radius 3 is 2.30 bits per heavy atom. The van der Waals surface area contributed by atoms with Crippen molar-refractivity contribution in [2.24, 2.45) is 0 Å². The van der Waals surface area contributed by atoms with Crippen LogP contribution in [0.15, 0.2) is 83.8 Å². The van der Waals surface area contributed by atoms with Crippen molar-refractivity contribution >= 4 is 34.8 Å². The van der Waals surface area contributed by atoms with Crippen molar-refractivity contribution in [2.45, 2.75) is 19.3 Å². The molecular weight excluding hydrogens is 394 g/mol. The van der Waals surface area contributed by atoms with Gasteiger partial charge in [0.2, 0.25) is 0 Å². The van der Waals surface area contributed by atoms with Gasteiger partial charge in [-0.05, 0) is 47.6 Å². The van der Waals surface area contributed by atoms with Crippen LogP contribution in [0.5, 0.6) is 0 Å². The van der Waals surface area contributed by atoms with Gasteiger partial charge < -0.3 is 4.90 Å². The van der Waals surface area contributed by atoms with E-state index in [1.165, 1.54) is 32.8 Å². The van der Waals surface area contributed by atoms with Gasteiger partial charge in [0, 0.05) is 37.1 Å². The van der Waals surface area contributed by atoms with Crippen LogP contribution in [0.25, 0.3) is 0 Å². The lowest BCUT2D eigenvalue weighted by Crippen LogP contribution is -2.52. The minimum absolute atomic E-state index is 0.0827. The summed E-state index contributed by atoms with van der Waals surface area (Å²) in [6.07, 6.45) is 13.4. The second-order valence-corrected chi connectivity index (χ2v) is 8.37. The van der Waals surface area contributed by atoms with E-state index in [0.29, 0.717) is 0 Å². The standard InChI is InChI=1S/C24H23N3O2S/c1-24(2)18-11-7-8-12-19(18)27-14-13-16(15-20(24)27)9-5-6-10-17-21(28)25(3)23(30)26(4)22(17)29/h5-15H,1-4H3/b6-5+,16-9-. The maximum Gasteiger partial charge on any atom is 0.265 e. The number of allylic oxidation sites excluding steroid dienone is 8. The zero-order valence-corrected chi connectivity index (χ0v) is 18.2. The second kappa shape index (κ2) is 7.22. The highest BCUT2D eigenvalue weighted by molar-refractivity contribution is 7.80. The second-order valence-electron chi connectivity index (χ2n) is 8.00. The number of rotatable bonds is 2. The summed E-state index contributed by atoms with van der Waals surface area (Å²) in [5, 5.41) is 0.206. The molecule has 0 N–H and O–H groups in total. The van der Waals surface area contributed by atoms with Crippen molar-refractivity contribution in [3.05, 3.63) is 89.3 Å². The molecule has 1 saturated heterocycles. The summed E-state index contributed by atoms with van der Waals surface area (Å²) in [5.41, 5.74) is 4.81. The minimum Gasteiger partial charge on any atom is -0.320 e. The molecule has 0 bridgehead atoms. The highest BCUT2D eigenvalue weighted by Crippen LogP contribution is 2.49. The van der Waals surface area contributed by atoms with Crippen LogP contribution in [-0.2, 0) is 15.0 Å². The summed E-state index contributed by atoms with van der Waals surface area (Å²) in [7, 11) is 3.14. The van der Waals surface area contributed by atoms with E-state index in [-0.39, 0.29) is 27.9 Å². The number of carbonyl (C=O) groups is 2. The fourth-order valence-electron chi connectivity index (χ4n) is 3.97. The Bertz CT molecular complexity index is 1100. The largest absolute Gasteiger partial charge is 0.320 e. The summed E-state index contributed by atoms with van der Waals surface area (Å²) < 4.78 is 0. The van der Waals surface area contributed by atoms with Gasteiger partial charge in [0.1, 0.15) is 5.57 Å². The molecule has 3 heterocycles. The third-order valence-electron chi connectivity index (χ3n) is 5.76. The predicted octanol–water partition coefficient (Wildman–Crippen LogP) is 3.82. The topological polar surface area (TPSA) is 43.9 Å². The van der Waals surface area contributed by atoms with Gasteiger partial charge in [0.05, 0.1) is 0 Å². The maximum absolute atomic E-state index is 12.3. The Balaban J connectivity index is 1.57. The van der Waals surface area contributed by atoms with Crippen LogP contribution in [0, 0.1) is 0 Å². The van der Waals surface area contributed by atoms with Crippen molar-refractivity contribution in [3.63, 3.8) is 0 Å². The zero-order valence-electron chi connectivity index (χ0n) is 17.4. The first kappa shape index (κ1) is 20.0. The lowest BCUT2D eigenvalue weighted by Gasteiger charge is -2.31. The number of nitrogens with zero attached hydrogens (tertiary/aromatic N) is 3. The van der Waals surface area contributed by atoms with Crippen LogP contribution in [0.3, 0.4) is 0 Å². The summed E-state index contributed by atoms with van der Waals surface area (Å²) in [5.74, 6) is -0.776. The molecule has 152 valence electrons. The van der Waals surface area contributed by atoms with Crippen LogP contribution in [0.4, 0.5) is 5.69 Å². The number of hydrogen-bond acceptors (Lipinski definition) is 4. The molecule has 0 unspecified atom stereocenters. The lowest BCUT2D eigenvalue weighted by atomic mass is 9.83. The summed E-state index contributed by atoms with van der Waals surface area (Å²) in [6.45, 7) is 4.46. The van der Waals surface area contributed by atoms with E-state index >= 15 is 0 Å². The fraction of sp³-hybridized carbons (Fsp3) is 0.208. The molecule has 1 fully saturated rings. The Morgan fingerprint density at radius 2 is 1.60 bits per heavy atom. The van der Waals surface area contributed by atoms with E-state index in [0.717, 1.165) is 5.57 Å². The fourth-order valence-corrected chi connectivity index (χ4v) is 4.14. The van der Waals surface area contributed by atoms with Gasteiger partial charge in [0.25, 0.3) is 11.8 Å². The molecule has 6 heteroatoms. The third-order valence-corrected chi connectivity index (χ3v) is 6.31. The van der Waals surface area contributed by atoms with Crippen molar-refractivity contribution in [1.82, 2.24) is 9.80 Å². The number of fused-ring (bicyclic) bond motifs is 3. The molecule has 0 saturated carbocycles. The highest BCUT2D eigenvalue weighted by Gasteiger charge is 2.40. The average Bonchev–Trinajstić information content (AvgIpc) is 2.97. The summed E-state index contributed by atoms with van der Waals surface area (Å²) >= 11 is 5.10. The molecule has 0 spiro atoms. The van der Waals surface area contributed by atoms with E-state index < -0.39 is 0 Å². The monoisotopic (exact) mass is 417 g/mol. The van der Waals surface area contributed by atoms with Crippen molar-refractivity contribution in [2.75, 3.05) is 19.0 Å². The molecule has 5 nitrogen and oxygen atoms in total. The van der Waals surface area contributed by atoms with Gasteiger partial charge >= 0.3 is 0 Å². The molecule has 2 amide bonds. The van der Waals surface area contributed by atoms with E-state index in [1.807, 2.05) is 12.2 Å². The number of likely N-dealkylation sites (N-methyl/N-ethyl adjacent to an activating group) is 2. The van der Waals surface area contributed by atoms with Gasteiger partial charge in [0.15, 0.2) is 5.11 Å². The minimum atomic E-state index is -0.388. The van der Waals surface area contributed by atoms with Crippen molar-refractivity contribution in [1.29, 1.82) is 0 Å². The first-order valence-electron chi connectivity index (χ1n) is 9.71. The molecule has 0 radical (unpaired) electrons. The SMILES string of the molecule is CN1C(=O)C(=C/C=C/C=C2/C=CN3C(=C2)C(C)(C)c2ccccc23)C(=O)N(C)C1=S. The summed E-state index contributed by atoms with van der Waals surface area (Å²) in [4.78, 5) is 29.5. The normalized spacial score (nSPS) is 21.5. The van der Waals surface area contributed by atoms with Gasteiger partial charge in [-0.2, -0.15) is 0 Å². The van der Waals surface area contributed by atoms with Crippen molar-refractivity contribution < 1.29 is 9.59 Å². The molecule has 0 aliphatic carbocycles. The van der Waals surface area contributed by atoms with E-state index in [9.17, 15) is 9.59 Å². The van der Waals surface area contributed by atoms with Gasteiger partial charge in [-0.25, -0.2) is 0 Å². The van der Waals surface area contributed by atoms with Crippen LogP contribution >= 0.6 is 12.2 Å². The number of thiocarbonyl (C=S) groups is 1. The zero-order chi connectivity index (χ0) is 21.6. The number of benzene rings is 1. The summed E-state index contributed by atoms with van der Waals surface area (Å²) in [6, 6.07) is 8.45. The molecule has 0 aromatic heterocycles. The van der Waals surface area contributed by atoms with Crippen LogP contribution in [0.2, 0.25) is 0 Å². The molecule has 4 rings (SSSR count). The number of hydrogen-bond donors (Lipinski definition) is 0. The molecule has 30 heavy (non-hydrogen) atoms. The highest BCUT2D eigenvalue weighted by atomic mass is 32.1. The van der Waals surface area contributed by atoms with E-state index in [1.54, 1.807) is 20.2 Å². The first-order chi connectivity index (χ1) is 14.2. The smallest absolute Gasteiger partial charge is 0.265 e. The van der Waals surface area contributed by atoms with Crippen LogP contribution < -0.4 is 4.90 Å². The van der Waals surface area contributed by atoms with E-state index in [2.05, 4.69) is 61.4 Å². The van der Waals surface area contributed by atoms with Gasteiger partial charge in [-0.1, -0.05) is 50.3 Å². The maximum atomic E-state index is 12.3. The molecule has 1 aromatic carbocycles.